The molecule has 0 aromatic heterocycles. The van der Waals surface area contributed by atoms with Crippen LogP contribution in [0.15, 0.2) is 18.2 Å². The lowest BCUT2D eigenvalue weighted by Crippen LogP contribution is -2.13. The van der Waals surface area contributed by atoms with Crippen molar-refractivity contribution in [3.05, 3.63) is 29.3 Å². The average molecular weight is 234 g/mol. The van der Waals surface area contributed by atoms with Gasteiger partial charge in [-0.05, 0) is 36.6 Å². The minimum Gasteiger partial charge on any atom is -0.493 e. The lowest BCUT2D eigenvalue weighted by Gasteiger charge is -2.14. The zero-order chi connectivity index (χ0) is 12.8. The number of nitrogens with one attached hydrogen (secondary N) is 1. The summed E-state index contributed by atoms with van der Waals surface area (Å²) in [6, 6.07) is 5.67. The van der Waals surface area contributed by atoms with Crippen molar-refractivity contribution in [3.8, 4) is 5.75 Å². The number of benzene rings is 1. The summed E-state index contributed by atoms with van der Waals surface area (Å²) in [6.07, 6.45) is 2.28. The molecule has 0 fully saturated rings. The van der Waals surface area contributed by atoms with E-state index in [4.69, 9.17) is 15.9 Å². The van der Waals surface area contributed by atoms with Crippen molar-refractivity contribution in [3.63, 3.8) is 0 Å². The van der Waals surface area contributed by atoms with Gasteiger partial charge in [0.1, 0.15) is 11.6 Å². The molecule has 0 aliphatic heterocycles. The van der Waals surface area contributed by atoms with Crippen LogP contribution in [0.25, 0.3) is 0 Å². The zero-order valence-electron chi connectivity index (χ0n) is 10.9. The third kappa shape index (κ3) is 3.77. The van der Waals surface area contributed by atoms with E-state index in [2.05, 4.69) is 13.8 Å². The van der Waals surface area contributed by atoms with Gasteiger partial charge >= 0.3 is 0 Å². The van der Waals surface area contributed by atoms with Crippen molar-refractivity contribution < 1.29 is 4.74 Å². The Hall–Kier alpha value is -1.51. The number of rotatable bonds is 6. The molecule has 0 spiro atoms. The van der Waals surface area contributed by atoms with Crippen molar-refractivity contribution in [2.24, 2.45) is 11.7 Å². The summed E-state index contributed by atoms with van der Waals surface area (Å²) in [4.78, 5) is 0. The second-order valence-corrected chi connectivity index (χ2v) is 4.38. The van der Waals surface area contributed by atoms with Gasteiger partial charge in [0.25, 0.3) is 0 Å². The van der Waals surface area contributed by atoms with Crippen molar-refractivity contribution >= 4 is 5.84 Å². The highest BCUT2D eigenvalue weighted by molar-refractivity contribution is 5.96. The van der Waals surface area contributed by atoms with Gasteiger partial charge in [0, 0.05) is 5.56 Å². The summed E-state index contributed by atoms with van der Waals surface area (Å²) in [5.41, 5.74) is 7.24. The largest absolute Gasteiger partial charge is 0.493 e. The predicted molar refractivity (Wildman–Crippen MR) is 71.8 cm³/mol. The van der Waals surface area contributed by atoms with Crippen LogP contribution in [-0.4, -0.2) is 12.4 Å². The van der Waals surface area contributed by atoms with Crippen LogP contribution in [0.5, 0.6) is 5.75 Å². The van der Waals surface area contributed by atoms with Crippen LogP contribution >= 0.6 is 0 Å². The number of amidine groups is 1. The Kier molecular flexibility index (Phi) is 5.01. The Morgan fingerprint density at radius 3 is 2.47 bits per heavy atom. The van der Waals surface area contributed by atoms with Gasteiger partial charge in [-0.3, -0.25) is 5.41 Å². The highest BCUT2D eigenvalue weighted by Crippen LogP contribution is 2.18. The number of hydrogen-bond donors (Lipinski definition) is 2. The van der Waals surface area contributed by atoms with Crippen LogP contribution in [0.4, 0.5) is 0 Å². The van der Waals surface area contributed by atoms with E-state index in [-0.39, 0.29) is 5.84 Å². The van der Waals surface area contributed by atoms with Crippen molar-refractivity contribution in [1.82, 2.24) is 0 Å². The lowest BCUT2D eigenvalue weighted by molar-refractivity contribution is 0.240. The molecule has 3 N–H and O–H groups in total. The molecule has 1 aromatic carbocycles. The maximum atomic E-state index is 7.41. The summed E-state index contributed by atoms with van der Waals surface area (Å²) in [5, 5.41) is 7.41. The van der Waals surface area contributed by atoms with Gasteiger partial charge in [0.15, 0.2) is 0 Å². The Morgan fingerprint density at radius 2 is 2.00 bits per heavy atom. The predicted octanol–water partition coefficient (Wildman–Crippen LogP) is 3.09. The summed E-state index contributed by atoms with van der Waals surface area (Å²) in [5.74, 6) is 1.58. The van der Waals surface area contributed by atoms with E-state index in [0.29, 0.717) is 5.92 Å². The van der Waals surface area contributed by atoms with Gasteiger partial charge in [-0.15, -0.1) is 0 Å². The standard InChI is InChI=1S/C14H22N2O/c1-4-11(5-2)9-17-12-6-7-13(14(15)16)10(3)8-12/h6-8,11H,4-5,9H2,1-3H3,(H3,15,16). The number of hydrogen-bond acceptors (Lipinski definition) is 2. The van der Waals surface area contributed by atoms with Gasteiger partial charge in [-0.2, -0.15) is 0 Å². The summed E-state index contributed by atoms with van der Waals surface area (Å²) in [6.45, 7) is 7.07. The molecule has 0 saturated heterocycles. The van der Waals surface area contributed by atoms with E-state index in [0.717, 1.165) is 36.3 Å². The average Bonchev–Trinajstić information content (AvgIpc) is 2.30. The van der Waals surface area contributed by atoms with Gasteiger partial charge in [0.2, 0.25) is 0 Å². The molecule has 0 saturated carbocycles. The van der Waals surface area contributed by atoms with Crippen LogP contribution in [0.2, 0.25) is 0 Å². The van der Waals surface area contributed by atoms with Crippen LogP contribution in [0.3, 0.4) is 0 Å². The summed E-state index contributed by atoms with van der Waals surface area (Å²) in [7, 11) is 0. The second kappa shape index (κ2) is 6.28. The molecule has 94 valence electrons. The molecular weight excluding hydrogens is 212 g/mol. The minimum atomic E-state index is 0.106. The van der Waals surface area contributed by atoms with E-state index in [9.17, 15) is 0 Å². The maximum Gasteiger partial charge on any atom is 0.123 e. The molecule has 0 amide bonds. The molecule has 1 rings (SSSR count). The zero-order valence-corrected chi connectivity index (χ0v) is 10.9. The first-order valence-electron chi connectivity index (χ1n) is 6.16. The Labute approximate surface area is 103 Å². The van der Waals surface area contributed by atoms with Crippen molar-refractivity contribution in [1.29, 1.82) is 5.41 Å². The van der Waals surface area contributed by atoms with Crippen LogP contribution in [0.1, 0.15) is 37.8 Å². The molecule has 17 heavy (non-hydrogen) atoms. The Bertz CT molecular complexity index is 384. The van der Waals surface area contributed by atoms with Gasteiger partial charge in [-0.1, -0.05) is 26.7 Å². The molecular formula is C14H22N2O. The molecule has 0 bridgehead atoms. The normalized spacial score (nSPS) is 10.6. The third-order valence-corrected chi connectivity index (χ3v) is 3.13. The number of nitrogens with two attached hydrogens (primary N) is 1. The number of nitrogen functional groups attached to an aromatic ring is 1. The topological polar surface area (TPSA) is 59.1 Å². The molecule has 1 aromatic rings. The van der Waals surface area contributed by atoms with Gasteiger partial charge in [-0.25, -0.2) is 0 Å². The fraction of sp³-hybridized carbons (Fsp3) is 0.500. The lowest BCUT2D eigenvalue weighted by atomic mass is 10.1. The smallest absolute Gasteiger partial charge is 0.123 e. The molecule has 0 atom stereocenters. The molecule has 0 aliphatic rings. The Morgan fingerprint density at radius 1 is 1.35 bits per heavy atom. The van der Waals surface area contributed by atoms with E-state index < -0.39 is 0 Å². The quantitative estimate of drug-likeness (QED) is 0.587. The minimum absolute atomic E-state index is 0.106. The number of ether oxygens (including phenoxy) is 1. The van der Waals surface area contributed by atoms with Crippen LogP contribution in [-0.2, 0) is 0 Å². The van der Waals surface area contributed by atoms with Crippen molar-refractivity contribution in [2.45, 2.75) is 33.6 Å². The van der Waals surface area contributed by atoms with Crippen LogP contribution in [0, 0.1) is 18.3 Å². The van der Waals surface area contributed by atoms with Gasteiger partial charge < -0.3 is 10.5 Å². The highest BCUT2D eigenvalue weighted by Gasteiger charge is 2.06. The summed E-state index contributed by atoms with van der Waals surface area (Å²) >= 11 is 0. The monoisotopic (exact) mass is 234 g/mol. The maximum absolute atomic E-state index is 7.41. The van der Waals surface area contributed by atoms with E-state index in [1.165, 1.54) is 0 Å². The first-order chi connectivity index (χ1) is 8.08. The third-order valence-electron chi connectivity index (χ3n) is 3.13. The molecule has 3 nitrogen and oxygen atoms in total. The molecule has 0 heterocycles. The highest BCUT2D eigenvalue weighted by atomic mass is 16.5. The first kappa shape index (κ1) is 13.6. The number of aryl methyl sites for hydroxylation is 1. The fourth-order valence-corrected chi connectivity index (χ4v) is 1.77. The summed E-state index contributed by atoms with van der Waals surface area (Å²) < 4.78 is 5.75. The second-order valence-electron chi connectivity index (χ2n) is 4.38. The van der Waals surface area contributed by atoms with E-state index in [1.54, 1.807) is 0 Å². The molecule has 0 unspecified atom stereocenters. The molecule has 0 aliphatic carbocycles. The first-order valence-corrected chi connectivity index (χ1v) is 6.16. The fourth-order valence-electron chi connectivity index (χ4n) is 1.77. The SMILES string of the molecule is CCC(CC)COc1ccc(C(=N)N)c(C)c1. The Balaban J connectivity index is 2.67. The molecule has 0 radical (unpaired) electrons. The van der Waals surface area contributed by atoms with Crippen molar-refractivity contribution in [2.75, 3.05) is 6.61 Å². The van der Waals surface area contributed by atoms with E-state index >= 15 is 0 Å². The van der Waals surface area contributed by atoms with E-state index in [1.807, 2.05) is 25.1 Å². The molecule has 3 heteroatoms. The van der Waals surface area contributed by atoms with Gasteiger partial charge in [0.05, 0.1) is 6.61 Å². The van der Waals surface area contributed by atoms with Crippen LogP contribution < -0.4 is 10.5 Å².